The number of furan rings is 1. The van der Waals surface area contributed by atoms with Crippen molar-refractivity contribution in [3.8, 4) is 0 Å². The molecule has 4 nitrogen and oxygen atoms in total. The number of benzene rings is 1. The van der Waals surface area contributed by atoms with Crippen LogP contribution in [0.3, 0.4) is 0 Å². The van der Waals surface area contributed by atoms with E-state index in [0.29, 0.717) is 17.0 Å². The molecular formula is C15H16BrNO3. The van der Waals surface area contributed by atoms with Crippen molar-refractivity contribution in [1.29, 1.82) is 0 Å². The fourth-order valence-electron chi connectivity index (χ4n) is 1.87. The van der Waals surface area contributed by atoms with Crippen LogP contribution in [0.25, 0.3) is 0 Å². The first-order valence-electron chi connectivity index (χ1n) is 6.27. The summed E-state index contributed by atoms with van der Waals surface area (Å²) in [7, 11) is 1.69. The number of carbonyl (C=O) groups excluding carboxylic acids is 1. The molecule has 0 aliphatic rings. The quantitative estimate of drug-likeness (QED) is 0.911. The second-order valence-electron chi connectivity index (χ2n) is 4.59. The molecule has 0 aliphatic heterocycles. The number of aliphatic hydroxyl groups excluding tert-OH is 1. The van der Waals surface area contributed by atoms with Crippen molar-refractivity contribution in [3.63, 3.8) is 0 Å². The van der Waals surface area contributed by atoms with Gasteiger partial charge in [-0.2, -0.15) is 0 Å². The third-order valence-electron chi connectivity index (χ3n) is 3.00. The predicted octanol–water partition coefficient (Wildman–Crippen LogP) is 3.12. The molecule has 1 N–H and O–H groups in total. The SMILES string of the molecule is CN(Cc1ccc(Br)o1)C(=O)CC(O)c1ccccc1. The molecule has 0 radical (unpaired) electrons. The summed E-state index contributed by atoms with van der Waals surface area (Å²) in [6.07, 6.45) is -0.725. The van der Waals surface area contributed by atoms with E-state index in [1.807, 2.05) is 36.4 Å². The molecule has 106 valence electrons. The van der Waals surface area contributed by atoms with Gasteiger partial charge < -0.3 is 14.4 Å². The van der Waals surface area contributed by atoms with Crippen LogP contribution in [-0.4, -0.2) is 23.0 Å². The molecule has 0 saturated carbocycles. The van der Waals surface area contributed by atoms with Crippen molar-refractivity contribution < 1.29 is 14.3 Å². The minimum absolute atomic E-state index is 0.0579. The fraction of sp³-hybridized carbons (Fsp3) is 0.267. The molecule has 5 heteroatoms. The Labute approximate surface area is 126 Å². The fourth-order valence-corrected chi connectivity index (χ4v) is 2.21. The highest BCUT2D eigenvalue weighted by molar-refractivity contribution is 9.10. The van der Waals surface area contributed by atoms with Crippen LogP contribution in [0.5, 0.6) is 0 Å². The summed E-state index contributed by atoms with van der Waals surface area (Å²) in [6.45, 7) is 0.381. The summed E-state index contributed by atoms with van der Waals surface area (Å²) >= 11 is 3.22. The van der Waals surface area contributed by atoms with Gasteiger partial charge in [0.2, 0.25) is 5.91 Å². The van der Waals surface area contributed by atoms with Crippen molar-refractivity contribution in [3.05, 3.63) is 58.5 Å². The topological polar surface area (TPSA) is 53.7 Å². The zero-order valence-corrected chi connectivity index (χ0v) is 12.7. The summed E-state index contributed by atoms with van der Waals surface area (Å²) in [6, 6.07) is 12.8. The molecule has 2 rings (SSSR count). The second kappa shape index (κ2) is 6.72. The van der Waals surface area contributed by atoms with E-state index in [1.165, 1.54) is 4.90 Å². The van der Waals surface area contributed by atoms with E-state index < -0.39 is 6.10 Å². The van der Waals surface area contributed by atoms with Crippen molar-refractivity contribution >= 4 is 21.8 Å². The summed E-state index contributed by atoms with van der Waals surface area (Å²) in [5.41, 5.74) is 0.745. The maximum Gasteiger partial charge on any atom is 0.225 e. The molecule has 20 heavy (non-hydrogen) atoms. The van der Waals surface area contributed by atoms with E-state index in [0.717, 1.165) is 5.56 Å². The normalized spacial score (nSPS) is 12.2. The third kappa shape index (κ3) is 3.95. The smallest absolute Gasteiger partial charge is 0.225 e. The Kier molecular flexibility index (Phi) is 4.98. The van der Waals surface area contributed by atoms with E-state index in [2.05, 4.69) is 15.9 Å². The number of halogens is 1. The van der Waals surface area contributed by atoms with Crippen LogP contribution in [0.15, 0.2) is 51.6 Å². The number of carbonyl (C=O) groups is 1. The molecule has 1 atom stereocenters. The predicted molar refractivity (Wildman–Crippen MR) is 78.9 cm³/mol. The Morgan fingerprint density at radius 2 is 2.00 bits per heavy atom. The Morgan fingerprint density at radius 1 is 1.30 bits per heavy atom. The van der Waals surface area contributed by atoms with Crippen molar-refractivity contribution in [1.82, 2.24) is 4.90 Å². The Hall–Kier alpha value is -1.59. The molecule has 1 amide bonds. The Bertz CT molecular complexity index is 568. The minimum atomic E-state index is -0.783. The van der Waals surface area contributed by atoms with Crippen LogP contribution in [-0.2, 0) is 11.3 Å². The van der Waals surface area contributed by atoms with Crippen molar-refractivity contribution in [2.45, 2.75) is 19.1 Å². The van der Waals surface area contributed by atoms with Gasteiger partial charge in [0.1, 0.15) is 5.76 Å². The highest BCUT2D eigenvalue weighted by Gasteiger charge is 2.17. The molecule has 0 fully saturated rings. The first-order valence-corrected chi connectivity index (χ1v) is 7.06. The van der Waals surface area contributed by atoms with Gasteiger partial charge in [0.25, 0.3) is 0 Å². The molecule has 0 spiro atoms. The molecule has 1 aromatic heterocycles. The second-order valence-corrected chi connectivity index (χ2v) is 5.37. The molecular weight excluding hydrogens is 322 g/mol. The molecule has 0 aliphatic carbocycles. The maximum absolute atomic E-state index is 12.1. The first kappa shape index (κ1) is 14.8. The monoisotopic (exact) mass is 337 g/mol. The Balaban J connectivity index is 1.91. The average molecular weight is 338 g/mol. The van der Waals surface area contributed by atoms with Gasteiger partial charge in [-0.1, -0.05) is 30.3 Å². The van der Waals surface area contributed by atoms with Gasteiger partial charge in [0.15, 0.2) is 4.67 Å². The number of amides is 1. The van der Waals surface area contributed by atoms with Crippen LogP contribution in [0.1, 0.15) is 23.8 Å². The number of hydrogen-bond donors (Lipinski definition) is 1. The molecule has 1 heterocycles. The van der Waals surface area contributed by atoms with Gasteiger partial charge in [-0.3, -0.25) is 4.79 Å². The van der Waals surface area contributed by atoms with Crippen LogP contribution in [0.4, 0.5) is 0 Å². The zero-order valence-electron chi connectivity index (χ0n) is 11.1. The van der Waals surface area contributed by atoms with Crippen molar-refractivity contribution in [2.75, 3.05) is 7.05 Å². The lowest BCUT2D eigenvalue weighted by Crippen LogP contribution is -2.27. The molecule has 0 saturated heterocycles. The number of aliphatic hydroxyl groups is 1. The van der Waals surface area contributed by atoms with Crippen LogP contribution in [0, 0.1) is 0 Å². The van der Waals surface area contributed by atoms with E-state index in [9.17, 15) is 9.90 Å². The molecule has 1 unspecified atom stereocenters. The lowest BCUT2D eigenvalue weighted by molar-refractivity contribution is -0.132. The summed E-state index contributed by atoms with van der Waals surface area (Å²) < 4.78 is 5.99. The van der Waals surface area contributed by atoms with Gasteiger partial charge in [0, 0.05) is 7.05 Å². The van der Waals surface area contributed by atoms with E-state index >= 15 is 0 Å². The van der Waals surface area contributed by atoms with Gasteiger partial charge >= 0.3 is 0 Å². The van der Waals surface area contributed by atoms with Crippen LogP contribution < -0.4 is 0 Å². The summed E-state index contributed by atoms with van der Waals surface area (Å²) in [4.78, 5) is 13.6. The van der Waals surface area contributed by atoms with E-state index in [-0.39, 0.29) is 12.3 Å². The Morgan fingerprint density at radius 3 is 2.60 bits per heavy atom. The van der Waals surface area contributed by atoms with Crippen LogP contribution >= 0.6 is 15.9 Å². The van der Waals surface area contributed by atoms with E-state index in [4.69, 9.17) is 4.42 Å². The number of nitrogens with zero attached hydrogens (tertiary/aromatic N) is 1. The lowest BCUT2D eigenvalue weighted by Gasteiger charge is -2.18. The van der Waals surface area contributed by atoms with Gasteiger partial charge in [-0.15, -0.1) is 0 Å². The summed E-state index contributed by atoms with van der Waals surface area (Å²) in [5.74, 6) is 0.566. The highest BCUT2D eigenvalue weighted by atomic mass is 79.9. The minimum Gasteiger partial charge on any atom is -0.452 e. The highest BCUT2D eigenvalue weighted by Crippen LogP contribution is 2.19. The van der Waals surface area contributed by atoms with Gasteiger partial charge in [-0.25, -0.2) is 0 Å². The van der Waals surface area contributed by atoms with Crippen molar-refractivity contribution in [2.24, 2.45) is 0 Å². The largest absolute Gasteiger partial charge is 0.452 e. The summed E-state index contributed by atoms with van der Waals surface area (Å²) in [5, 5.41) is 10.0. The zero-order chi connectivity index (χ0) is 14.5. The van der Waals surface area contributed by atoms with Gasteiger partial charge in [-0.05, 0) is 33.6 Å². The van der Waals surface area contributed by atoms with E-state index in [1.54, 1.807) is 13.1 Å². The number of rotatable bonds is 5. The standard InChI is InChI=1S/C15H16BrNO3/c1-17(10-12-7-8-14(16)20-12)15(19)9-13(18)11-5-3-2-4-6-11/h2-8,13,18H,9-10H2,1H3. The molecule has 0 bridgehead atoms. The van der Waals surface area contributed by atoms with Crippen LogP contribution in [0.2, 0.25) is 0 Å². The number of hydrogen-bond acceptors (Lipinski definition) is 3. The third-order valence-corrected chi connectivity index (χ3v) is 3.43. The molecule has 1 aromatic carbocycles. The first-order chi connectivity index (χ1) is 9.56. The molecule has 2 aromatic rings. The average Bonchev–Trinajstić information content (AvgIpc) is 2.85. The lowest BCUT2D eigenvalue weighted by atomic mass is 10.1. The maximum atomic E-state index is 12.1. The van der Waals surface area contributed by atoms with Gasteiger partial charge in [0.05, 0.1) is 19.1 Å².